The van der Waals surface area contributed by atoms with Crippen molar-refractivity contribution in [3.63, 3.8) is 0 Å². The first kappa shape index (κ1) is 11.4. The number of benzene rings is 1. The quantitative estimate of drug-likeness (QED) is 0.852. The number of halogens is 1. The Morgan fingerprint density at radius 3 is 2.67 bits per heavy atom. The van der Waals surface area contributed by atoms with E-state index in [1.54, 1.807) is 6.20 Å². The molecule has 1 aliphatic heterocycles. The van der Waals surface area contributed by atoms with Crippen LogP contribution in [0.4, 0.5) is 0 Å². The zero-order chi connectivity index (χ0) is 12.4. The van der Waals surface area contributed by atoms with E-state index in [9.17, 15) is 0 Å². The van der Waals surface area contributed by atoms with E-state index in [-0.39, 0.29) is 6.04 Å². The number of pyridine rings is 1. The summed E-state index contributed by atoms with van der Waals surface area (Å²) < 4.78 is 6.68. The number of hydrogen-bond donors (Lipinski definition) is 0. The van der Waals surface area contributed by atoms with E-state index in [1.165, 1.54) is 0 Å². The highest BCUT2D eigenvalue weighted by Crippen LogP contribution is 2.25. The third kappa shape index (κ3) is 2.29. The fourth-order valence-corrected chi connectivity index (χ4v) is 2.12. The Hall–Kier alpha value is -1.68. The van der Waals surface area contributed by atoms with Gasteiger partial charge in [-0.15, -0.1) is 0 Å². The Balaban J connectivity index is 1.85. The molecular formula is C14H11BrN2O. The Morgan fingerprint density at radius 1 is 1.11 bits per heavy atom. The molecule has 0 amide bonds. The second-order valence-electron chi connectivity index (χ2n) is 4.03. The fraction of sp³-hybridized carbons (Fsp3) is 0.143. The molecule has 3 nitrogen and oxygen atoms in total. The molecule has 0 radical (unpaired) electrons. The van der Waals surface area contributed by atoms with Crippen molar-refractivity contribution in [2.45, 2.75) is 6.04 Å². The number of hydrogen-bond acceptors (Lipinski definition) is 3. The van der Waals surface area contributed by atoms with Crippen LogP contribution in [0.15, 0.2) is 58.1 Å². The minimum Gasteiger partial charge on any atom is -0.474 e. The highest BCUT2D eigenvalue weighted by Gasteiger charge is 2.22. The minimum absolute atomic E-state index is 0.0649. The standard InChI is InChI=1S/C14H11BrN2O/c15-11-6-4-10(5-7-11)13-9-18-14(17-13)12-3-1-2-8-16-12/h1-8,13H,9H2. The summed E-state index contributed by atoms with van der Waals surface area (Å²) in [5.74, 6) is 0.628. The monoisotopic (exact) mass is 302 g/mol. The minimum atomic E-state index is 0.0649. The van der Waals surface area contributed by atoms with Crippen LogP contribution < -0.4 is 0 Å². The van der Waals surface area contributed by atoms with E-state index >= 15 is 0 Å². The fourth-order valence-electron chi connectivity index (χ4n) is 1.86. The van der Waals surface area contributed by atoms with Crippen molar-refractivity contribution in [2.24, 2.45) is 4.99 Å². The molecule has 0 spiro atoms. The molecule has 0 fully saturated rings. The van der Waals surface area contributed by atoms with Gasteiger partial charge >= 0.3 is 0 Å². The molecule has 4 heteroatoms. The van der Waals surface area contributed by atoms with Gasteiger partial charge in [0.25, 0.3) is 0 Å². The first-order chi connectivity index (χ1) is 8.83. The average Bonchev–Trinajstić information content (AvgIpc) is 2.90. The average molecular weight is 303 g/mol. The molecule has 0 saturated heterocycles. The number of rotatable bonds is 2. The third-order valence-corrected chi connectivity index (χ3v) is 3.32. The lowest BCUT2D eigenvalue weighted by Gasteiger charge is -2.04. The summed E-state index contributed by atoms with van der Waals surface area (Å²) >= 11 is 3.43. The predicted molar refractivity (Wildman–Crippen MR) is 73.6 cm³/mol. The normalized spacial score (nSPS) is 18.3. The lowest BCUT2D eigenvalue weighted by atomic mass is 10.1. The van der Waals surface area contributed by atoms with Gasteiger partial charge in [0.05, 0.1) is 0 Å². The number of nitrogens with zero attached hydrogens (tertiary/aromatic N) is 2. The lowest BCUT2D eigenvalue weighted by Crippen LogP contribution is -2.03. The van der Waals surface area contributed by atoms with Gasteiger partial charge in [-0.1, -0.05) is 34.1 Å². The molecule has 1 aliphatic rings. The molecule has 1 atom stereocenters. The molecule has 18 heavy (non-hydrogen) atoms. The van der Waals surface area contributed by atoms with Crippen molar-refractivity contribution in [2.75, 3.05) is 6.61 Å². The van der Waals surface area contributed by atoms with Crippen LogP contribution in [0.2, 0.25) is 0 Å². The molecule has 0 saturated carbocycles. The third-order valence-electron chi connectivity index (χ3n) is 2.79. The zero-order valence-corrected chi connectivity index (χ0v) is 11.2. The Bertz CT molecular complexity index is 566. The van der Waals surface area contributed by atoms with Gasteiger partial charge < -0.3 is 4.74 Å². The largest absolute Gasteiger partial charge is 0.474 e. The molecule has 2 aromatic rings. The van der Waals surface area contributed by atoms with Crippen molar-refractivity contribution in [1.82, 2.24) is 4.98 Å². The van der Waals surface area contributed by atoms with E-state index in [4.69, 9.17) is 4.74 Å². The van der Waals surface area contributed by atoms with Gasteiger partial charge in [-0.25, -0.2) is 4.99 Å². The van der Waals surface area contributed by atoms with Crippen molar-refractivity contribution in [3.8, 4) is 0 Å². The summed E-state index contributed by atoms with van der Waals surface area (Å²) in [6, 6.07) is 13.9. The van der Waals surface area contributed by atoms with E-state index in [2.05, 4.69) is 38.0 Å². The topological polar surface area (TPSA) is 34.5 Å². The molecule has 0 bridgehead atoms. The van der Waals surface area contributed by atoms with Gasteiger partial charge in [0.15, 0.2) is 0 Å². The molecule has 3 rings (SSSR count). The summed E-state index contributed by atoms with van der Waals surface area (Å²) in [6.45, 7) is 0.577. The van der Waals surface area contributed by atoms with E-state index in [0.717, 1.165) is 15.7 Å². The molecule has 90 valence electrons. The SMILES string of the molecule is Brc1ccc(C2COC(c3ccccn3)=N2)cc1. The van der Waals surface area contributed by atoms with Gasteiger partial charge in [0.2, 0.25) is 5.90 Å². The van der Waals surface area contributed by atoms with Crippen LogP contribution in [-0.4, -0.2) is 17.5 Å². The first-order valence-corrected chi connectivity index (χ1v) is 6.50. The number of ether oxygens (including phenoxy) is 1. The van der Waals surface area contributed by atoms with E-state index in [0.29, 0.717) is 12.5 Å². The van der Waals surface area contributed by atoms with Crippen molar-refractivity contribution in [1.29, 1.82) is 0 Å². The van der Waals surface area contributed by atoms with Crippen LogP contribution in [-0.2, 0) is 4.74 Å². The highest BCUT2D eigenvalue weighted by molar-refractivity contribution is 9.10. The Morgan fingerprint density at radius 2 is 1.94 bits per heavy atom. The molecule has 1 aromatic heterocycles. The van der Waals surface area contributed by atoms with Crippen molar-refractivity contribution in [3.05, 3.63) is 64.4 Å². The summed E-state index contributed by atoms with van der Waals surface area (Å²) in [7, 11) is 0. The van der Waals surface area contributed by atoms with Gasteiger partial charge in [-0.2, -0.15) is 0 Å². The van der Waals surface area contributed by atoms with Crippen LogP contribution in [0, 0.1) is 0 Å². The maximum Gasteiger partial charge on any atom is 0.236 e. The van der Waals surface area contributed by atoms with Crippen LogP contribution >= 0.6 is 15.9 Å². The smallest absolute Gasteiger partial charge is 0.236 e. The molecule has 0 N–H and O–H groups in total. The first-order valence-electron chi connectivity index (χ1n) is 5.70. The predicted octanol–water partition coefficient (Wildman–Crippen LogP) is 3.36. The van der Waals surface area contributed by atoms with E-state index < -0.39 is 0 Å². The van der Waals surface area contributed by atoms with Gasteiger partial charge in [0, 0.05) is 10.7 Å². The van der Waals surface area contributed by atoms with Crippen LogP contribution in [0.25, 0.3) is 0 Å². The Labute approximate surface area is 114 Å². The van der Waals surface area contributed by atoms with Crippen molar-refractivity contribution >= 4 is 21.8 Å². The van der Waals surface area contributed by atoms with Gasteiger partial charge in [-0.05, 0) is 29.8 Å². The molecule has 1 unspecified atom stereocenters. The maximum atomic E-state index is 5.61. The molecular weight excluding hydrogens is 292 g/mol. The summed E-state index contributed by atoms with van der Waals surface area (Å²) in [5.41, 5.74) is 1.95. The van der Waals surface area contributed by atoms with Crippen LogP contribution in [0.1, 0.15) is 17.3 Å². The molecule has 1 aromatic carbocycles. The lowest BCUT2D eigenvalue weighted by molar-refractivity contribution is 0.319. The van der Waals surface area contributed by atoms with Crippen molar-refractivity contribution < 1.29 is 4.74 Å². The van der Waals surface area contributed by atoms with Crippen LogP contribution in [0.3, 0.4) is 0 Å². The van der Waals surface area contributed by atoms with Crippen LogP contribution in [0.5, 0.6) is 0 Å². The summed E-state index contributed by atoms with van der Waals surface area (Å²) in [5, 5.41) is 0. The maximum absolute atomic E-state index is 5.61. The second-order valence-corrected chi connectivity index (χ2v) is 4.94. The molecule has 2 heterocycles. The van der Waals surface area contributed by atoms with Gasteiger partial charge in [-0.3, -0.25) is 4.98 Å². The summed E-state index contributed by atoms with van der Waals surface area (Å²) in [6.07, 6.45) is 1.74. The van der Waals surface area contributed by atoms with Gasteiger partial charge in [0.1, 0.15) is 18.3 Å². The zero-order valence-electron chi connectivity index (χ0n) is 9.58. The highest BCUT2D eigenvalue weighted by atomic mass is 79.9. The Kier molecular flexibility index (Phi) is 3.11. The summed E-state index contributed by atoms with van der Waals surface area (Å²) in [4.78, 5) is 8.81. The second kappa shape index (κ2) is 4.90. The molecule has 0 aliphatic carbocycles. The number of aromatic nitrogens is 1. The van der Waals surface area contributed by atoms with E-state index in [1.807, 2.05) is 30.3 Å². The number of aliphatic imine (C=N–C) groups is 1.